The Morgan fingerprint density at radius 3 is 2.85 bits per heavy atom. The fourth-order valence-electron chi connectivity index (χ4n) is 2.78. The molecule has 0 fully saturated rings. The van der Waals surface area contributed by atoms with Crippen molar-refractivity contribution in [1.29, 1.82) is 0 Å². The van der Waals surface area contributed by atoms with Gasteiger partial charge in [-0.15, -0.1) is 0 Å². The maximum atomic E-state index is 12.5. The molecule has 26 heavy (non-hydrogen) atoms. The van der Waals surface area contributed by atoms with Gasteiger partial charge in [0.2, 0.25) is 0 Å². The van der Waals surface area contributed by atoms with Gasteiger partial charge in [0.05, 0.1) is 23.2 Å². The molecule has 3 aromatic rings. The van der Waals surface area contributed by atoms with Crippen LogP contribution in [0.25, 0.3) is 5.65 Å². The van der Waals surface area contributed by atoms with Crippen LogP contribution in [0.15, 0.2) is 29.5 Å². The third-order valence-electron chi connectivity index (χ3n) is 3.93. The molecule has 0 atom stereocenters. The summed E-state index contributed by atoms with van der Waals surface area (Å²) in [6, 6.07) is 5.57. The lowest BCUT2D eigenvalue weighted by Gasteiger charge is -2.05. The standard InChI is InChI=1S/C18H21ClN6O/c1-11(2)10-25-17(19)14(12(3)23-25)9-20-22-18(26)16-13(4)21-15-7-5-6-8-24(15)16/h5-9,11H,10H2,1-4H3,(H,22,26)/b20-9-. The van der Waals surface area contributed by atoms with E-state index in [9.17, 15) is 4.79 Å². The summed E-state index contributed by atoms with van der Waals surface area (Å²) >= 11 is 6.37. The SMILES string of the molecule is Cc1nn(CC(C)C)c(Cl)c1/C=N\NC(=O)c1c(C)nc2ccccn12. The molecule has 7 nitrogen and oxygen atoms in total. The number of amides is 1. The van der Waals surface area contributed by atoms with Crippen molar-refractivity contribution in [1.82, 2.24) is 24.6 Å². The van der Waals surface area contributed by atoms with E-state index >= 15 is 0 Å². The monoisotopic (exact) mass is 372 g/mol. The van der Waals surface area contributed by atoms with Gasteiger partial charge in [-0.2, -0.15) is 10.2 Å². The zero-order valence-electron chi connectivity index (χ0n) is 15.2. The van der Waals surface area contributed by atoms with E-state index in [2.05, 4.69) is 34.5 Å². The molecule has 3 rings (SSSR count). The molecule has 0 radical (unpaired) electrons. The lowest BCUT2D eigenvalue weighted by atomic mass is 10.2. The van der Waals surface area contributed by atoms with Gasteiger partial charge in [-0.1, -0.05) is 31.5 Å². The number of pyridine rings is 1. The molecular weight excluding hydrogens is 352 g/mol. The van der Waals surface area contributed by atoms with Gasteiger partial charge in [-0.3, -0.25) is 13.9 Å². The minimum Gasteiger partial charge on any atom is -0.295 e. The van der Waals surface area contributed by atoms with Gasteiger partial charge < -0.3 is 0 Å². The van der Waals surface area contributed by atoms with Gasteiger partial charge in [-0.05, 0) is 31.9 Å². The number of hydrogen-bond donors (Lipinski definition) is 1. The number of imidazole rings is 1. The number of nitrogens with zero attached hydrogens (tertiary/aromatic N) is 5. The Balaban J connectivity index is 1.79. The van der Waals surface area contributed by atoms with Crippen molar-refractivity contribution in [2.24, 2.45) is 11.0 Å². The molecule has 0 aliphatic carbocycles. The van der Waals surface area contributed by atoms with Crippen LogP contribution in [0.3, 0.4) is 0 Å². The molecule has 0 aliphatic heterocycles. The molecule has 1 N–H and O–H groups in total. The highest BCUT2D eigenvalue weighted by molar-refractivity contribution is 6.32. The molecule has 0 saturated heterocycles. The van der Waals surface area contributed by atoms with Crippen LogP contribution >= 0.6 is 11.6 Å². The van der Waals surface area contributed by atoms with Crippen molar-refractivity contribution >= 4 is 29.4 Å². The number of aromatic nitrogens is 4. The largest absolute Gasteiger partial charge is 0.295 e. The van der Waals surface area contributed by atoms with Gasteiger partial charge in [0.25, 0.3) is 5.91 Å². The second-order valence-electron chi connectivity index (χ2n) is 6.54. The molecule has 3 heterocycles. The third kappa shape index (κ3) is 3.48. The lowest BCUT2D eigenvalue weighted by Crippen LogP contribution is -2.20. The summed E-state index contributed by atoms with van der Waals surface area (Å²) in [6.07, 6.45) is 3.32. The second kappa shape index (κ2) is 7.29. The van der Waals surface area contributed by atoms with Crippen molar-refractivity contribution in [3.8, 4) is 0 Å². The average molecular weight is 373 g/mol. The molecule has 136 valence electrons. The van der Waals surface area contributed by atoms with Crippen LogP contribution in [0.4, 0.5) is 0 Å². The highest BCUT2D eigenvalue weighted by atomic mass is 35.5. The third-order valence-corrected chi connectivity index (χ3v) is 4.33. The summed E-state index contributed by atoms with van der Waals surface area (Å²) < 4.78 is 3.48. The Kier molecular flexibility index (Phi) is 5.08. The van der Waals surface area contributed by atoms with E-state index in [0.29, 0.717) is 33.7 Å². The van der Waals surface area contributed by atoms with Crippen LogP contribution in [0.2, 0.25) is 5.15 Å². The lowest BCUT2D eigenvalue weighted by molar-refractivity contribution is 0.0948. The zero-order chi connectivity index (χ0) is 18.8. The van der Waals surface area contributed by atoms with E-state index in [0.717, 1.165) is 12.2 Å². The van der Waals surface area contributed by atoms with Crippen LogP contribution in [0.5, 0.6) is 0 Å². The maximum absolute atomic E-state index is 12.5. The smallest absolute Gasteiger partial charge is 0.290 e. The summed E-state index contributed by atoms with van der Waals surface area (Å²) in [7, 11) is 0. The van der Waals surface area contributed by atoms with Crippen molar-refractivity contribution in [3.63, 3.8) is 0 Å². The number of carbonyl (C=O) groups is 1. The quantitative estimate of drug-likeness (QED) is 0.551. The Morgan fingerprint density at radius 2 is 2.12 bits per heavy atom. The first-order valence-electron chi connectivity index (χ1n) is 8.38. The van der Waals surface area contributed by atoms with E-state index in [-0.39, 0.29) is 5.91 Å². The van der Waals surface area contributed by atoms with E-state index in [1.807, 2.05) is 25.1 Å². The summed E-state index contributed by atoms with van der Waals surface area (Å²) in [5.74, 6) is 0.0928. The molecule has 0 aromatic carbocycles. The fourth-order valence-corrected chi connectivity index (χ4v) is 3.07. The molecule has 8 heteroatoms. The van der Waals surface area contributed by atoms with Crippen LogP contribution in [0, 0.1) is 19.8 Å². The molecule has 1 amide bonds. The van der Waals surface area contributed by atoms with E-state index in [4.69, 9.17) is 11.6 Å². The number of halogens is 1. The summed E-state index contributed by atoms with van der Waals surface area (Å²) in [6.45, 7) is 8.57. The Morgan fingerprint density at radius 1 is 1.35 bits per heavy atom. The number of aryl methyl sites for hydroxylation is 2. The number of rotatable bonds is 5. The highest BCUT2D eigenvalue weighted by Gasteiger charge is 2.16. The number of hydrogen-bond acceptors (Lipinski definition) is 4. The summed E-state index contributed by atoms with van der Waals surface area (Å²) in [4.78, 5) is 16.9. The van der Waals surface area contributed by atoms with Crippen molar-refractivity contribution in [2.75, 3.05) is 0 Å². The number of hydrazone groups is 1. The van der Waals surface area contributed by atoms with Crippen LogP contribution < -0.4 is 5.43 Å². The van der Waals surface area contributed by atoms with E-state index in [1.165, 1.54) is 6.21 Å². The van der Waals surface area contributed by atoms with Gasteiger partial charge in [0.15, 0.2) is 0 Å². The van der Waals surface area contributed by atoms with Crippen LogP contribution in [0.1, 0.15) is 41.3 Å². The Hall–Kier alpha value is -2.67. The molecule has 0 bridgehead atoms. The molecule has 3 aromatic heterocycles. The molecule has 0 unspecified atom stereocenters. The molecule has 0 spiro atoms. The Labute approximate surface area is 156 Å². The average Bonchev–Trinajstić information content (AvgIpc) is 3.04. The fraction of sp³-hybridized carbons (Fsp3) is 0.333. The zero-order valence-corrected chi connectivity index (χ0v) is 15.9. The van der Waals surface area contributed by atoms with Crippen molar-refractivity contribution < 1.29 is 4.79 Å². The van der Waals surface area contributed by atoms with Crippen molar-refractivity contribution in [3.05, 3.63) is 52.2 Å². The maximum Gasteiger partial charge on any atom is 0.290 e. The number of fused-ring (bicyclic) bond motifs is 1. The van der Waals surface area contributed by atoms with E-state index in [1.54, 1.807) is 22.2 Å². The molecule has 0 saturated carbocycles. The predicted molar refractivity (Wildman–Crippen MR) is 102 cm³/mol. The summed E-state index contributed by atoms with van der Waals surface area (Å²) in [5, 5.41) is 8.99. The Bertz CT molecular complexity index is 985. The minimum atomic E-state index is -0.333. The number of nitrogens with one attached hydrogen (secondary N) is 1. The highest BCUT2D eigenvalue weighted by Crippen LogP contribution is 2.19. The minimum absolute atomic E-state index is 0.333. The topological polar surface area (TPSA) is 76.6 Å². The normalized spacial score (nSPS) is 11.8. The first kappa shape index (κ1) is 18.1. The summed E-state index contributed by atoms with van der Waals surface area (Å²) in [5.41, 5.74) is 5.82. The van der Waals surface area contributed by atoms with Crippen LogP contribution in [-0.2, 0) is 6.54 Å². The first-order chi connectivity index (χ1) is 12.4. The van der Waals surface area contributed by atoms with Gasteiger partial charge in [0.1, 0.15) is 16.5 Å². The van der Waals surface area contributed by atoms with Gasteiger partial charge in [0, 0.05) is 12.7 Å². The van der Waals surface area contributed by atoms with Crippen molar-refractivity contribution in [2.45, 2.75) is 34.2 Å². The first-order valence-corrected chi connectivity index (χ1v) is 8.76. The predicted octanol–water partition coefficient (Wildman–Crippen LogP) is 3.22. The van der Waals surface area contributed by atoms with Gasteiger partial charge >= 0.3 is 0 Å². The molecular formula is C18H21ClN6O. The van der Waals surface area contributed by atoms with E-state index < -0.39 is 0 Å². The number of carbonyl (C=O) groups excluding carboxylic acids is 1. The second-order valence-corrected chi connectivity index (χ2v) is 6.90. The van der Waals surface area contributed by atoms with Crippen LogP contribution in [-0.4, -0.2) is 31.3 Å². The molecule has 0 aliphatic rings. The van der Waals surface area contributed by atoms with Gasteiger partial charge in [-0.25, -0.2) is 10.4 Å².